The highest BCUT2D eigenvalue weighted by atomic mass is 35.5. The molecule has 0 saturated heterocycles. The van der Waals surface area contributed by atoms with Gasteiger partial charge in [0.2, 0.25) is 0 Å². The van der Waals surface area contributed by atoms with Crippen molar-refractivity contribution in [2.75, 3.05) is 32.8 Å². The zero-order chi connectivity index (χ0) is 9.45. The molecule has 0 aliphatic rings. The third-order valence-corrected chi connectivity index (χ3v) is 1.94. The van der Waals surface area contributed by atoms with Gasteiger partial charge in [0.05, 0.1) is 13.2 Å². The van der Waals surface area contributed by atoms with Gasteiger partial charge < -0.3 is 21.9 Å². The Balaban J connectivity index is -0.000000202. The van der Waals surface area contributed by atoms with Crippen LogP contribution in [-0.2, 0) is 4.74 Å². The molecule has 0 radical (unpaired) electrons. The molecule has 0 aromatic rings. The van der Waals surface area contributed by atoms with Crippen LogP contribution in [0, 0.1) is 5.41 Å². The normalized spacial score (nSPS) is 9.27. The largest absolute Gasteiger partial charge is 0.377 e. The molecule has 0 unspecified atom stereocenters. The van der Waals surface area contributed by atoms with Crippen molar-refractivity contribution in [3.05, 3.63) is 12.7 Å². The lowest BCUT2D eigenvalue weighted by Gasteiger charge is -2.28. The Morgan fingerprint density at radius 3 is 1.67 bits per heavy atom. The topological polar surface area (TPSA) is 87.3 Å². The highest BCUT2D eigenvalue weighted by molar-refractivity contribution is 5.86. The van der Waals surface area contributed by atoms with Crippen molar-refractivity contribution < 1.29 is 4.74 Å². The van der Waals surface area contributed by atoms with Crippen molar-refractivity contribution in [1.29, 1.82) is 0 Å². The predicted octanol–water partition coefficient (Wildman–Crippen LogP) is 0.317. The van der Waals surface area contributed by atoms with Crippen LogP contribution in [0.3, 0.4) is 0 Å². The van der Waals surface area contributed by atoms with E-state index in [-0.39, 0.29) is 42.6 Å². The fraction of sp³-hybridized carbons (Fsp3) is 0.750. The molecular formula is C8H22Cl3N3O. The van der Waals surface area contributed by atoms with E-state index < -0.39 is 0 Å². The van der Waals surface area contributed by atoms with Crippen LogP contribution < -0.4 is 17.2 Å². The van der Waals surface area contributed by atoms with Crippen LogP contribution in [0.4, 0.5) is 0 Å². The van der Waals surface area contributed by atoms with Crippen molar-refractivity contribution in [2.45, 2.75) is 0 Å². The van der Waals surface area contributed by atoms with Crippen LogP contribution in [0.15, 0.2) is 12.7 Å². The maximum atomic E-state index is 5.55. The summed E-state index contributed by atoms with van der Waals surface area (Å²) in [6.45, 7) is 5.92. The molecule has 96 valence electrons. The monoisotopic (exact) mass is 281 g/mol. The molecule has 0 saturated carbocycles. The molecule has 15 heavy (non-hydrogen) atoms. The third-order valence-electron chi connectivity index (χ3n) is 1.94. The summed E-state index contributed by atoms with van der Waals surface area (Å²) in [5, 5.41) is 0. The number of rotatable bonds is 7. The van der Waals surface area contributed by atoms with Crippen molar-refractivity contribution in [3.63, 3.8) is 0 Å². The zero-order valence-electron chi connectivity index (χ0n) is 8.69. The molecule has 0 aromatic carbocycles. The van der Waals surface area contributed by atoms with Gasteiger partial charge >= 0.3 is 0 Å². The summed E-state index contributed by atoms with van der Waals surface area (Å²) in [4.78, 5) is 0. The molecule has 7 heteroatoms. The second-order valence-electron chi connectivity index (χ2n) is 2.92. The summed E-state index contributed by atoms with van der Waals surface area (Å²) in [5.41, 5.74) is 16.4. The summed E-state index contributed by atoms with van der Waals surface area (Å²) < 4.78 is 5.26. The van der Waals surface area contributed by atoms with Crippen molar-refractivity contribution in [3.8, 4) is 0 Å². The van der Waals surface area contributed by atoms with Gasteiger partial charge in [0.15, 0.2) is 0 Å². The van der Waals surface area contributed by atoms with E-state index in [4.69, 9.17) is 21.9 Å². The Labute approximate surface area is 110 Å². The van der Waals surface area contributed by atoms with Crippen molar-refractivity contribution in [1.82, 2.24) is 0 Å². The van der Waals surface area contributed by atoms with E-state index in [2.05, 4.69) is 6.58 Å². The Hall–Kier alpha value is 0.450. The summed E-state index contributed by atoms with van der Waals surface area (Å²) in [6, 6.07) is 0. The molecule has 0 spiro atoms. The SMILES string of the molecule is C=CCOCC(CN)(CN)CN.Cl.Cl.Cl. The first-order valence-electron chi connectivity index (χ1n) is 4.03. The van der Waals surface area contributed by atoms with Gasteiger partial charge in [0, 0.05) is 25.0 Å². The average molecular weight is 283 g/mol. The summed E-state index contributed by atoms with van der Waals surface area (Å²) in [5.74, 6) is 0. The minimum absolute atomic E-state index is 0. The lowest BCUT2D eigenvalue weighted by Crippen LogP contribution is -2.47. The van der Waals surface area contributed by atoms with Gasteiger partial charge in [-0.1, -0.05) is 6.08 Å². The number of hydrogen-bond acceptors (Lipinski definition) is 4. The van der Waals surface area contributed by atoms with E-state index in [0.717, 1.165) is 0 Å². The highest BCUT2D eigenvalue weighted by Crippen LogP contribution is 2.11. The van der Waals surface area contributed by atoms with Crippen LogP contribution >= 0.6 is 37.2 Å². The third kappa shape index (κ3) is 9.38. The van der Waals surface area contributed by atoms with Crippen molar-refractivity contribution in [2.24, 2.45) is 22.6 Å². The van der Waals surface area contributed by atoms with Gasteiger partial charge in [-0.25, -0.2) is 0 Å². The minimum Gasteiger partial charge on any atom is -0.377 e. The molecule has 0 rings (SSSR count). The van der Waals surface area contributed by atoms with E-state index in [9.17, 15) is 0 Å². The number of hydrogen-bond donors (Lipinski definition) is 3. The summed E-state index contributed by atoms with van der Waals surface area (Å²) >= 11 is 0. The standard InChI is InChI=1S/C8H19N3O.3ClH/c1-2-3-12-7-8(4-9,5-10)6-11;;;/h2H,1,3-7,9-11H2;3*1H. The quantitative estimate of drug-likeness (QED) is 0.463. The first kappa shape index (κ1) is 24.6. The van der Waals surface area contributed by atoms with Crippen LogP contribution in [0.1, 0.15) is 0 Å². The molecule has 4 nitrogen and oxygen atoms in total. The lowest BCUT2D eigenvalue weighted by molar-refractivity contribution is 0.0737. The van der Waals surface area contributed by atoms with Crippen molar-refractivity contribution >= 4 is 37.2 Å². The molecule has 0 heterocycles. The number of nitrogens with two attached hydrogens (primary N) is 3. The smallest absolute Gasteiger partial charge is 0.0645 e. The molecule has 0 amide bonds. The molecule has 0 fully saturated rings. The molecule has 0 aliphatic heterocycles. The molecular weight excluding hydrogens is 260 g/mol. The van der Waals surface area contributed by atoms with E-state index in [1.165, 1.54) is 0 Å². The Morgan fingerprint density at radius 2 is 1.40 bits per heavy atom. The Morgan fingerprint density at radius 1 is 1.00 bits per heavy atom. The van der Waals surface area contributed by atoms with Gasteiger partial charge in [-0.3, -0.25) is 0 Å². The fourth-order valence-corrected chi connectivity index (χ4v) is 0.786. The van der Waals surface area contributed by atoms with Gasteiger partial charge in [-0.2, -0.15) is 0 Å². The number of ether oxygens (including phenoxy) is 1. The first-order chi connectivity index (χ1) is 5.74. The van der Waals surface area contributed by atoms with Crippen LogP contribution in [-0.4, -0.2) is 32.8 Å². The van der Waals surface area contributed by atoms with Gasteiger partial charge in [0.1, 0.15) is 0 Å². The Bertz CT molecular complexity index is 126. The molecule has 0 aromatic heterocycles. The molecule has 0 bridgehead atoms. The first-order valence-corrected chi connectivity index (χ1v) is 4.03. The maximum Gasteiger partial charge on any atom is 0.0645 e. The van der Waals surface area contributed by atoms with E-state index >= 15 is 0 Å². The highest BCUT2D eigenvalue weighted by Gasteiger charge is 2.25. The molecule has 6 N–H and O–H groups in total. The molecule has 0 aliphatic carbocycles. The van der Waals surface area contributed by atoms with Gasteiger partial charge in [-0.15, -0.1) is 43.8 Å². The van der Waals surface area contributed by atoms with E-state index in [1.54, 1.807) is 6.08 Å². The van der Waals surface area contributed by atoms with Gasteiger partial charge in [-0.05, 0) is 0 Å². The second kappa shape index (κ2) is 14.5. The van der Waals surface area contributed by atoms with E-state index in [1.807, 2.05) is 0 Å². The van der Waals surface area contributed by atoms with Crippen LogP contribution in [0.5, 0.6) is 0 Å². The molecule has 0 atom stereocenters. The maximum absolute atomic E-state index is 5.55. The fourth-order valence-electron chi connectivity index (χ4n) is 0.786. The van der Waals surface area contributed by atoms with Crippen LogP contribution in [0.2, 0.25) is 0 Å². The average Bonchev–Trinajstić information content (AvgIpc) is 2.14. The van der Waals surface area contributed by atoms with Crippen LogP contribution in [0.25, 0.3) is 0 Å². The predicted molar refractivity (Wildman–Crippen MR) is 72.4 cm³/mol. The second-order valence-corrected chi connectivity index (χ2v) is 2.92. The lowest BCUT2D eigenvalue weighted by atomic mass is 9.89. The Kier molecular flexibility index (Phi) is 23.7. The zero-order valence-corrected chi connectivity index (χ0v) is 11.1. The van der Waals surface area contributed by atoms with E-state index in [0.29, 0.717) is 32.8 Å². The summed E-state index contributed by atoms with van der Waals surface area (Å²) in [6.07, 6.45) is 1.69. The number of halogens is 3. The summed E-state index contributed by atoms with van der Waals surface area (Å²) in [7, 11) is 0. The minimum atomic E-state index is -0.261. The van der Waals surface area contributed by atoms with Gasteiger partial charge in [0.25, 0.3) is 0 Å².